The summed E-state index contributed by atoms with van der Waals surface area (Å²) in [5, 5.41) is 0. The van der Waals surface area contributed by atoms with Gasteiger partial charge in [-0.2, -0.15) is 0 Å². The summed E-state index contributed by atoms with van der Waals surface area (Å²) in [6.07, 6.45) is 0. The van der Waals surface area contributed by atoms with Gasteiger partial charge in [-0.25, -0.2) is 0 Å². The van der Waals surface area contributed by atoms with E-state index in [1.54, 1.807) is 7.11 Å². The monoisotopic (exact) mass is 130 g/mol. The molecule has 0 saturated carbocycles. The lowest BCUT2D eigenvalue weighted by Crippen LogP contribution is -2.29. The van der Waals surface area contributed by atoms with E-state index in [0.717, 1.165) is 13.2 Å². The van der Waals surface area contributed by atoms with E-state index >= 15 is 0 Å². The van der Waals surface area contributed by atoms with Crippen LogP contribution in [0.3, 0.4) is 0 Å². The maximum atomic E-state index is 4.96. The molecule has 1 fully saturated rings. The molecule has 0 unspecified atom stereocenters. The van der Waals surface area contributed by atoms with Crippen molar-refractivity contribution in [3.63, 3.8) is 0 Å². The molecular formula is C5H10O2Si. The van der Waals surface area contributed by atoms with Gasteiger partial charge in [0.2, 0.25) is 9.38 Å². The molecule has 0 bridgehead atoms. The van der Waals surface area contributed by atoms with Crippen LogP contribution in [0.25, 0.3) is 0 Å². The van der Waals surface area contributed by atoms with Crippen LogP contribution in [-0.2, 0) is 9.16 Å². The molecule has 1 aliphatic rings. The second-order valence-electron chi connectivity index (χ2n) is 1.86. The predicted molar refractivity (Wildman–Crippen MR) is 34.5 cm³/mol. The molecule has 0 N–H and O–H groups in total. The molecule has 0 aromatic carbocycles. The Morgan fingerprint density at radius 2 is 2.50 bits per heavy atom. The van der Waals surface area contributed by atoms with Crippen LogP contribution in [0.15, 0.2) is 0 Å². The summed E-state index contributed by atoms with van der Waals surface area (Å²) in [5.41, 5.74) is 2.23. The van der Waals surface area contributed by atoms with Gasteiger partial charge in [-0.3, -0.25) is 0 Å². The van der Waals surface area contributed by atoms with Gasteiger partial charge in [-0.05, 0) is 0 Å². The van der Waals surface area contributed by atoms with Crippen molar-refractivity contribution in [2.24, 2.45) is 5.92 Å². The molecule has 0 aromatic heterocycles. The molecule has 2 nitrogen and oxygen atoms in total. The minimum absolute atomic E-state index is 0.129. The van der Waals surface area contributed by atoms with Crippen LogP contribution in [0.1, 0.15) is 0 Å². The molecule has 0 atom stereocenters. The van der Waals surface area contributed by atoms with Crippen molar-refractivity contribution >= 4 is 15.0 Å². The molecule has 1 rings (SSSR count). The van der Waals surface area contributed by atoms with Crippen molar-refractivity contribution in [1.82, 2.24) is 0 Å². The number of hydrogen-bond donors (Lipinski definition) is 0. The van der Waals surface area contributed by atoms with E-state index < -0.39 is 0 Å². The molecule has 8 heavy (non-hydrogen) atoms. The molecule has 46 valence electrons. The zero-order chi connectivity index (χ0) is 5.82. The first-order valence-corrected chi connectivity index (χ1v) is 3.84. The van der Waals surface area contributed by atoms with Crippen molar-refractivity contribution in [2.45, 2.75) is 0 Å². The van der Waals surface area contributed by atoms with Gasteiger partial charge < -0.3 is 9.16 Å². The first-order chi connectivity index (χ1) is 3.93. The standard InChI is InChI=1S/C5H10O2Si/c1-6-8-4-5-2-7-3-5/h4-5,8H,2-3H2,1H3. The third kappa shape index (κ3) is 1.42. The van der Waals surface area contributed by atoms with Crippen LogP contribution in [0.4, 0.5) is 0 Å². The Bertz CT molecular complexity index is 88.4. The maximum absolute atomic E-state index is 4.96. The zero-order valence-electron chi connectivity index (χ0n) is 4.96. The molecule has 1 heterocycles. The first-order valence-electron chi connectivity index (χ1n) is 2.70. The summed E-state index contributed by atoms with van der Waals surface area (Å²) < 4.78 is 9.88. The average molecular weight is 130 g/mol. The highest BCUT2D eigenvalue weighted by molar-refractivity contribution is 6.41. The minimum atomic E-state index is 0.129. The van der Waals surface area contributed by atoms with Crippen LogP contribution < -0.4 is 0 Å². The summed E-state index contributed by atoms with van der Waals surface area (Å²) in [7, 11) is 1.87. The van der Waals surface area contributed by atoms with Crippen LogP contribution in [-0.4, -0.2) is 35.4 Å². The minimum Gasteiger partial charge on any atom is -0.556 e. The van der Waals surface area contributed by atoms with Crippen molar-refractivity contribution < 1.29 is 9.16 Å². The molecular weight excluding hydrogens is 120 g/mol. The van der Waals surface area contributed by atoms with Crippen LogP contribution >= 0.6 is 0 Å². The summed E-state index contributed by atoms with van der Waals surface area (Å²) >= 11 is 0. The predicted octanol–water partition coefficient (Wildman–Crippen LogP) is -0.567. The Kier molecular flexibility index (Phi) is 2.23. The second-order valence-corrected chi connectivity index (χ2v) is 2.99. The molecule has 0 aromatic rings. The highest BCUT2D eigenvalue weighted by Gasteiger charge is 2.13. The third-order valence-electron chi connectivity index (χ3n) is 1.15. The summed E-state index contributed by atoms with van der Waals surface area (Å²) in [5.74, 6) is 0.699. The van der Waals surface area contributed by atoms with Crippen molar-refractivity contribution in [2.75, 3.05) is 20.3 Å². The van der Waals surface area contributed by atoms with Crippen molar-refractivity contribution in [3.05, 3.63) is 0 Å². The Morgan fingerprint density at radius 3 is 2.88 bits per heavy atom. The van der Waals surface area contributed by atoms with Gasteiger partial charge in [0, 0.05) is 5.92 Å². The lowest BCUT2D eigenvalue weighted by atomic mass is 10.2. The molecule has 0 radical (unpaired) electrons. The maximum Gasteiger partial charge on any atom is 0.211 e. The molecule has 1 aliphatic heterocycles. The Balaban J connectivity index is 2.08. The van der Waals surface area contributed by atoms with E-state index in [0.29, 0.717) is 5.92 Å². The van der Waals surface area contributed by atoms with Crippen LogP contribution in [0.5, 0.6) is 0 Å². The van der Waals surface area contributed by atoms with Gasteiger partial charge in [-0.1, -0.05) is 5.67 Å². The molecule has 0 aliphatic carbocycles. The Morgan fingerprint density at radius 1 is 1.75 bits per heavy atom. The van der Waals surface area contributed by atoms with E-state index in [9.17, 15) is 0 Å². The van der Waals surface area contributed by atoms with Gasteiger partial charge in [0.05, 0.1) is 20.3 Å². The largest absolute Gasteiger partial charge is 0.556 e. The number of ether oxygens (including phenoxy) is 1. The number of hydrogen-bond acceptors (Lipinski definition) is 2. The normalized spacial score (nSPS) is 21.1. The topological polar surface area (TPSA) is 18.5 Å². The fourth-order valence-electron chi connectivity index (χ4n) is 0.555. The molecule has 0 amide bonds. The van der Waals surface area contributed by atoms with Gasteiger partial charge >= 0.3 is 0 Å². The summed E-state index contributed by atoms with van der Waals surface area (Å²) in [6.45, 7) is 1.83. The zero-order valence-corrected chi connectivity index (χ0v) is 6.12. The third-order valence-corrected chi connectivity index (χ3v) is 2.12. The van der Waals surface area contributed by atoms with E-state index in [2.05, 4.69) is 5.67 Å². The van der Waals surface area contributed by atoms with Gasteiger partial charge in [-0.15, -0.1) is 0 Å². The molecule has 3 heteroatoms. The van der Waals surface area contributed by atoms with Crippen LogP contribution in [0.2, 0.25) is 0 Å². The Hall–Kier alpha value is -0.153. The fourth-order valence-corrected chi connectivity index (χ4v) is 1.16. The lowest BCUT2D eigenvalue weighted by Gasteiger charge is -2.21. The van der Waals surface area contributed by atoms with E-state index in [1.807, 2.05) is 0 Å². The summed E-state index contributed by atoms with van der Waals surface area (Å²) in [6, 6.07) is 0. The number of rotatable bonds is 2. The SMILES string of the molecule is CO[SiH]=CC1COC1. The lowest BCUT2D eigenvalue weighted by molar-refractivity contribution is 0.00478. The van der Waals surface area contributed by atoms with Crippen molar-refractivity contribution in [3.8, 4) is 0 Å². The molecule has 0 spiro atoms. The van der Waals surface area contributed by atoms with E-state index in [1.165, 1.54) is 0 Å². The quantitative estimate of drug-likeness (QED) is 0.466. The smallest absolute Gasteiger partial charge is 0.211 e. The highest BCUT2D eigenvalue weighted by atomic mass is 28.2. The van der Waals surface area contributed by atoms with E-state index in [4.69, 9.17) is 9.16 Å². The first kappa shape index (κ1) is 5.97. The van der Waals surface area contributed by atoms with E-state index in [-0.39, 0.29) is 9.38 Å². The highest BCUT2D eigenvalue weighted by Crippen LogP contribution is 2.04. The molecule has 1 saturated heterocycles. The second kappa shape index (κ2) is 2.99. The van der Waals surface area contributed by atoms with Gasteiger partial charge in [0.1, 0.15) is 0 Å². The van der Waals surface area contributed by atoms with Crippen LogP contribution in [0, 0.1) is 5.92 Å². The van der Waals surface area contributed by atoms with Gasteiger partial charge in [0.25, 0.3) is 0 Å². The van der Waals surface area contributed by atoms with Gasteiger partial charge in [0.15, 0.2) is 0 Å². The Labute approximate surface area is 51.4 Å². The summed E-state index contributed by atoms with van der Waals surface area (Å²) in [4.78, 5) is 0. The fraction of sp³-hybridized carbons (Fsp3) is 0.800. The average Bonchev–Trinajstić information content (AvgIpc) is 1.63. The van der Waals surface area contributed by atoms with Crippen molar-refractivity contribution in [1.29, 1.82) is 0 Å².